The molecule has 0 bridgehead atoms. The van der Waals surface area contributed by atoms with Crippen molar-refractivity contribution in [3.63, 3.8) is 0 Å². The van der Waals surface area contributed by atoms with Crippen molar-refractivity contribution in [3.05, 3.63) is 64.5 Å². The predicted octanol–water partition coefficient (Wildman–Crippen LogP) is 3.17. The lowest BCUT2D eigenvalue weighted by Crippen LogP contribution is -2.34. The first kappa shape index (κ1) is 16.4. The molecule has 2 rings (SSSR count). The molecule has 23 heavy (non-hydrogen) atoms. The van der Waals surface area contributed by atoms with E-state index in [1.165, 1.54) is 53.4 Å². The van der Waals surface area contributed by atoms with Gasteiger partial charge in [0.05, 0.1) is 4.92 Å². The number of rotatable bonds is 6. The molecule has 0 fully saturated rings. The molecule has 0 atom stereocenters. The van der Waals surface area contributed by atoms with Gasteiger partial charge in [0.1, 0.15) is 11.6 Å². The molecule has 1 amide bonds. The molecule has 0 saturated carbocycles. The normalized spacial score (nSPS) is 10.2. The molecule has 0 aliphatic carbocycles. The summed E-state index contributed by atoms with van der Waals surface area (Å²) in [6.45, 7) is 1.99. The van der Waals surface area contributed by atoms with Crippen LogP contribution in [-0.4, -0.2) is 24.0 Å². The lowest BCUT2D eigenvalue weighted by Gasteiger charge is -2.21. The smallest absolute Gasteiger partial charge is 0.269 e. The maximum atomic E-state index is 12.9. The van der Waals surface area contributed by atoms with Gasteiger partial charge < -0.3 is 9.64 Å². The summed E-state index contributed by atoms with van der Waals surface area (Å²) >= 11 is 0. The Morgan fingerprint density at radius 2 is 1.78 bits per heavy atom. The fourth-order valence-corrected chi connectivity index (χ4v) is 2.01. The Morgan fingerprint density at radius 1 is 1.17 bits per heavy atom. The third-order valence-corrected chi connectivity index (χ3v) is 3.17. The predicted molar refractivity (Wildman–Crippen MR) is 83.0 cm³/mol. The Morgan fingerprint density at radius 3 is 2.30 bits per heavy atom. The van der Waals surface area contributed by atoms with E-state index in [4.69, 9.17) is 4.74 Å². The van der Waals surface area contributed by atoms with Crippen molar-refractivity contribution >= 4 is 17.3 Å². The molecule has 0 saturated heterocycles. The number of benzene rings is 2. The van der Waals surface area contributed by atoms with Crippen molar-refractivity contribution in [3.8, 4) is 5.75 Å². The van der Waals surface area contributed by atoms with Gasteiger partial charge in [0.25, 0.3) is 11.6 Å². The van der Waals surface area contributed by atoms with E-state index < -0.39 is 4.92 Å². The molecule has 0 N–H and O–H groups in total. The number of hydrogen-bond donors (Lipinski definition) is 0. The third kappa shape index (κ3) is 4.26. The minimum atomic E-state index is -0.512. The standard InChI is InChI=1S/C16H15FN2O4/c1-2-18(13-5-3-12(17)4-6-13)16(20)11-23-15-9-7-14(8-10-15)19(21)22/h3-10H,2,11H2,1H3. The highest BCUT2D eigenvalue weighted by Gasteiger charge is 2.15. The minimum absolute atomic E-state index is 0.0508. The lowest BCUT2D eigenvalue weighted by atomic mass is 10.2. The fourth-order valence-electron chi connectivity index (χ4n) is 2.01. The number of ether oxygens (including phenoxy) is 1. The van der Waals surface area contributed by atoms with Gasteiger partial charge in [-0.2, -0.15) is 0 Å². The molecule has 0 spiro atoms. The fraction of sp³-hybridized carbons (Fsp3) is 0.188. The van der Waals surface area contributed by atoms with E-state index in [2.05, 4.69) is 0 Å². The number of nitro benzene ring substituents is 1. The second-order valence-electron chi connectivity index (χ2n) is 4.65. The summed E-state index contributed by atoms with van der Waals surface area (Å²) in [4.78, 5) is 23.7. The minimum Gasteiger partial charge on any atom is -0.484 e. The molecule has 7 heteroatoms. The quantitative estimate of drug-likeness (QED) is 0.606. The van der Waals surface area contributed by atoms with Gasteiger partial charge in [-0.15, -0.1) is 0 Å². The average molecular weight is 318 g/mol. The molecule has 0 aliphatic heterocycles. The summed E-state index contributed by atoms with van der Waals surface area (Å²) in [5, 5.41) is 10.6. The Kier molecular flexibility index (Phi) is 5.24. The Hall–Kier alpha value is -2.96. The van der Waals surface area contributed by atoms with Crippen molar-refractivity contribution in [2.45, 2.75) is 6.92 Å². The van der Waals surface area contributed by atoms with Crippen LogP contribution in [0.15, 0.2) is 48.5 Å². The van der Waals surface area contributed by atoms with Crippen LogP contribution in [0.3, 0.4) is 0 Å². The number of likely N-dealkylation sites (N-methyl/N-ethyl adjacent to an activating group) is 1. The molecule has 0 aliphatic rings. The molecule has 0 heterocycles. The first-order valence-electron chi connectivity index (χ1n) is 6.94. The number of anilines is 1. The van der Waals surface area contributed by atoms with Crippen LogP contribution in [-0.2, 0) is 4.79 Å². The van der Waals surface area contributed by atoms with Crippen molar-refractivity contribution in [1.82, 2.24) is 0 Å². The second kappa shape index (κ2) is 7.35. The lowest BCUT2D eigenvalue weighted by molar-refractivity contribution is -0.384. The Labute approximate surface area is 132 Å². The summed E-state index contributed by atoms with van der Waals surface area (Å²) in [5.74, 6) is -0.309. The van der Waals surface area contributed by atoms with E-state index in [-0.39, 0.29) is 24.0 Å². The number of carbonyl (C=O) groups excluding carboxylic acids is 1. The third-order valence-electron chi connectivity index (χ3n) is 3.17. The number of amides is 1. The summed E-state index contributed by atoms with van der Waals surface area (Å²) in [5.41, 5.74) is 0.524. The zero-order chi connectivity index (χ0) is 16.8. The van der Waals surface area contributed by atoms with Crippen molar-refractivity contribution in [1.29, 1.82) is 0 Å². The highest BCUT2D eigenvalue weighted by Crippen LogP contribution is 2.18. The number of halogens is 1. The van der Waals surface area contributed by atoms with Crippen LogP contribution in [0, 0.1) is 15.9 Å². The van der Waals surface area contributed by atoms with E-state index in [0.29, 0.717) is 18.0 Å². The topological polar surface area (TPSA) is 72.7 Å². The van der Waals surface area contributed by atoms with Crippen molar-refractivity contribution in [2.75, 3.05) is 18.1 Å². The van der Waals surface area contributed by atoms with Crippen LogP contribution in [0.2, 0.25) is 0 Å². The summed E-state index contributed by atoms with van der Waals surface area (Å²) in [7, 11) is 0. The first-order valence-corrected chi connectivity index (χ1v) is 6.94. The van der Waals surface area contributed by atoms with Crippen LogP contribution < -0.4 is 9.64 Å². The first-order chi connectivity index (χ1) is 11.0. The van der Waals surface area contributed by atoms with Gasteiger partial charge in [0.2, 0.25) is 0 Å². The highest BCUT2D eigenvalue weighted by molar-refractivity contribution is 5.94. The van der Waals surface area contributed by atoms with Gasteiger partial charge in [-0.1, -0.05) is 0 Å². The van der Waals surface area contributed by atoms with E-state index in [1.54, 1.807) is 6.92 Å². The number of nitrogens with zero attached hydrogens (tertiary/aromatic N) is 2. The summed E-state index contributed by atoms with van der Waals surface area (Å²) in [6, 6.07) is 11.1. The van der Waals surface area contributed by atoms with Gasteiger partial charge in [0, 0.05) is 24.4 Å². The van der Waals surface area contributed by atoms with E-state index in [9.17, 15) is 19.3 Å². The molecular formula is C16H15FN2O4. The summed E-state index contributed by atoms with van der Waals surface area (Å²) < 4.78 is 18.3. The molecular weight excluding hydrogens is 303 g/mol. The molecule has 6 nitrogen and oxygen atoms in total. The molecule has 2 aromatic rings. The van der Waals surface area contributed by atoms with Gasteiger partial charge in [0.15, 0.2) is 6.61 Å². The van der Waals surface area contributed by atoms with Crippen LogP contribution in [0.4, 0.5) is 15.8 Å². The zero-order valence-electron chi connectivity index (χ0n) is 12.4. The molecule has 0 radical (unpaired) electrons. The highest BCUT2D eigenvalue weighted by atomic mass is 19.1. The van der Waals surface area contributed by atoms with Crippen LogP contribution >= 0.6 is 0 Å². The maximum Gasteiger partial charge on any atom is 0.269 e. The van der Waals surface area contributed by atoms with Gasteiger partial charge in [-0.05, 0) is 43.3 Å². The maximum absolute atomic E-state index is 12.9. The Bertz CT molecular complexity index is 686. The molecule has 120 valence electrons. The zero-order valence-corrected chi connectivity index (χ0v) is 12.4. The van der Waals surface area contributed by atoms with Crippen LogP contribution in [0.5, 0.6) is 5.75 Å². The van der Waals surface area contributed by atoms with Crippen molar-refractivity contribution < 1.29 is 18.8 Å². The van der Waals surface area contributed by atoms with Crippen LogP contribution in [0.1, 0.15) is 6.92 Å². The van der Waals surface area contributed by atoms with Crippen molar-refractivity contribution in [2.24, 2.45) is 0 Å². The van der Waals surface area contributed by atoms with Gasteiger partial charge in [-0.3, -0.25) is 14.9 Å². The SMILES string of the molecule is CCN(C(=O)COc1ccc([N+](=O)[O-])cc1)c1ccc(F)cc1. The Balaban J connectivity index is 1.99. The number of nitro groups is 1. The van der Waals surface area contributed by atoms with E-state index >= 15 is 0 Å². The van der Waals surface area contributed by atoms with Gasteiger partial charge in [-0.25, -0.2) is 4.39 Å². The molecule has 0 aromatic heterocycles. The largest absolute Gasteiger partial charge is 0.484 e. The van der Waals surface area contributed by atoms with E-state index in [1.807, 2.05) is 0 Å². The summed E-state index contributed by atoms with van der Waals surface area (Å²) in [6.07, 6.45) is 0. The number of non-ortho nitro benzene ring substituents is 1. The van der Waals surface area contributed by atoms with E-state index in [0.717, 1.165) is 0 Å². The number of hydrogen-bond acceptors (Lipinski definition) is 4. The molecule has 0 unspecified atom stereocenters. The molecule has 2 aromatic carbocycles. The second-order valence-corrected chi connectivity index (χ2v) is 4.65. The van der Waals surface area contributed by atoms with Crippen LogP contribution in [0.25, 0.3) is 0 Å². The van der Waals surface area contributed by atoms with Gasteiger partial charge >= 0.3 is 0 Å². The average Bonchev–Trinajstić information content (AvgIpc) is 2.55. The number of carbonyl (C=O) groups is 1. The monoisotopic (exact) mass is 318 g/mol.